The minimum atomic E-state index is 0.371. The number of rotatable bonds is 2. The number of fused-ring (bicyclic) bond motifs is 2. The van der Waals surface area contributed by atoms with E-state index in [4.69, 9.17) is 4.98 Å². The van der Waals surface area contributed by atoms with E-state index in [2.05, 4.69) is 45.1 Å². The molecular formula is C24H24N6. The van der Waals surface area contributed by atoms with Crippen LogP contribution in [-0.2, 0) is 12.8 Å². The Morgan fingerprint density at radius 3 is 2.57 bits per heavy atom. The van der Waals surface area contributed by atoms with E-state index >= 15 is 0 Å². The predicted molar refractivity (Wildman–Crippen MR) is 116 cm³/mol. The first-order chi connectivity index (χ1) is 14.7. The smallest absolute Gasteiger partial charge is 0.155 e. The van der Waals surface area contributed by atoms with Gasteiger partial charge in [0.25, 0.3) is 0 Å². The Morgan fingerprint density at radius 1 is 0.933 bits per heavy atom. The molecule has 0 atom stereocenters. The zero-order valence-electron chi connectivity index (χ0n) is 17.1. The first kappa shape index (κ1) is 17.6. The number of anilines is 1. The quantitative estimate of drug-likeness (QED) is 0.515. The fourth-order valence-corrected chi connectivity index (χ4v) is 5.31. The highest BCUT2D eigenvalue weighted by Gasteiger charge is 2.41. The zero-order chi connectivity index (χ0) is 20.1. The van der Waals surface area contributed by atoms with E-state index in [1.807, 2.05) is 41.4 Å². The van der Waals surface area contributed by atoms with Crippen LogP contribution in [0.25, 0.3) is 16.8 Å². The lowest BCUT2D eigenvalue weighted by Gasteiger charge is -2.40. The van der Waals surface area contributed by atoms with Crippen LogP contribution in [-0.4, -0.2) is 37.7 Å². The molecule has 6 heteroatoms. The highest BCUT2D eigenvalue weighted by Crippen LogP contribution is 2.44. The van der Waals surface area contributed by atoms with Crippen LogP contribution in [0.2, 0.25) is 0 Å². The van der Waals surface area contributed by atoms with Crippen LogP contribution < -0.4 is 4.90 Å². The second-order valence-electron chi connectivity index (χ2n) is 8.68. The fourth-order valence-electron chi connectivity index (χ4n) is 5.31. The van der Waals surface area contributed by atoms with E-state index in [0.29, 0.717) is 5.41 Å². The standard InChI is InChI=1S/C24H24N6/c1-17-22(18-4-10-25-11-5-18)30-21(6-12-27-30)23(28-17)29-13-7-24(8-14-29)15-19-3-2-9-26-20(19)16-24/h2-6,9-12H,7-8,13-16H2,1H3. The number of hydrogen-bond acceptors (Lipinski definition) is 5. The highest BCUT2D eigenvalue weighted by atomic mass is 15.3. The molecule has 2 aliphatic rings. The Hall–Kier alpha value is -3.28. The van der Waals surface area contributed by atoms with Gasteiger partial charge in [-0.05, 0) is 67.9 Å². The van der Waals surface area contributed by atoms with Gasteiger partial charge < -0.3 is 4.90 Å². The second-order valence-corrected chi connectivity index (χ2v) is 8.68. The molecule has 4 aromatic rings. The van der Waals surface area contributed by atoms with Gasteiger partial charge in [0.1, 0.15) is 5.52 Å². The Bertz CT molecular complexity index is 1190. The molecule has 1 aliphatic carbocycles. The number of aromatic nitrogens is 5. The maximum Gasteiger partial charge on any atom is 0.155 e. The molecule has 0 bridgehead atoms. The van der Waals surface area contributed by atoms with E-state index in [1.165, 1.54) is 30.5 Å². The summed E-state index contributed by atoms with van der Waals surface area (Å²) in [5.74, 6) is 1.05. The summed E-state index contributed by atoms with van der Waals surface area (Å²) in [6.07, 6.45) is 12.1. The number of piperidine rings is 1. The predicted octanol–water partition coefficient (Wildman–Crippen LogP) is 3.88. The lowest BCUT2D eigenvalue weighted by atomic mass is 9.76. The molecule has 6 nitrogen and oxygen atoms in total. The molecule has 1 spiro atoms. The van der Waals surface area contributed by atoms with Crippen molar-refractivity contribution in [1.29, 1.82) is 0 Å². The van der Waals surface area contributed by atoms with Crippen molar-refractivity contribution in [2.24, 2.45) is 5.41 Å². The number of pyridine rings is 2. The Labute approximate surface area is 175 Å². The Morgan fingerprint density at radius 2 is 1.77 bits per heavy atom. The van der Waals surface area contributed by atoms with E-state index in [1.54, 1.807) is 0 Å². The van der Waals surface area contributed by atoms with Gasteiger partial charge in [-0.1, -0.05) is 6.07 Å². The molecule has 0 unspecified atom stereocenters. The molecule has 4 aromatic heterocycles. The molecular weight excluding hydrogens is 372 g/mol. The van der Waals surface area contributed by atoms with E-state index in [0.717, 1.165) is 47.8 Å². The molecule has 6 rings (SSSR count). The minimum absolute atomic E-state index is 0.371. The van der Waals surface area contributed by atoms with Crippen molar-refractivity contribution in [1.82, 2.24) is 24.6 Å². The average molecular weight is 396 g/mol. The first-order valence-corrected chi connectivity index (χ1v) is 10.6. The molecule has 0 aromatic carbocycles. The number of hydrogen-bond donors (Lipinski definition) is 0. The van der Waals surface area contributed by atoms with Crippen LogP contribution in [0.5, 0.6) is 0 Å². The third-order valence-corrected chi connectivity index (χ3v) is 6.87. The molecule has 5 heterocycles. The van der Waals surface area contributed by atoms with Crippen LogP contribution in [0.4, 0.5) is 5.82 Å². The molecule has 30 heavy (non-hydrogen) atoms. The lowest BCUT2D eigenvalue weighted by Crippen LogP contribution is -2.41. The third kappa shape index (κ3) is 2.70. The SMILES string of the molecule is Cc1nc(N2CCC3(CC2)Cc2cccnc2C3)c2ccnn2c1-c1ccncc1. The minimum Gasteiger partial charge on any atom is -0.355 e. The average Bonchev–Trinajstić information content (AvgIpc) is 3.39. The number of nitrogens with zero attached hydrogens (tertiary/aromatic N) is 6. The molecule has 150 valence electrons. The second kappa shape index (κ2) is 6.62. The van der Waals surface area contributed by atoms with Crippen LogP contribution in [0.3, 0.4) is 0 Å². The summed E-state index contributed by atoms with van der Waals surface area (Å²) in [4.78, 5) is 16.3. The van der Waals surface area contributed by atoms with Gasteiger partial charge in [-0.2, -0.15) is 5.10 Å². The van der Waals surface area contributed by atoms with Gasteiger partial charge in [0, 0.05) is 42.9 Å². The molecule has 0 amide bonds. The summed E-state index contributed by atoms with van der Waals surface area (Å²) < 4.78 is 2.03. The van der Waals surface area contributed by atoms with E-state index < -0.39 is 0 Å². The van der Waals surface area contributed by atoms with E-state index in [-0.39, 0.29) is 0 Å². The van der Waals surface area contributed by atoms with Crippen molar-refractivity contribution < 1.29 is 0 Å². The molecule has 0 N–H and O–H groups in total. The van der Waals surface area contributed by atoms with Gasteiger partial charge in [-0.15, -0.1) is 0 Å². The summed E-state index contributed by atoms with van der Waals surface area (Å²) in [6.45, 7) is 4.12. The van der Waals surface area contributed by atoms with Gasteiger partial charge in [-0.25, -0.2) is 9.50 Å². The lowest BCUT2D eigenvalue weighted by molar-refractivity contribution is 0.231. The molecule has 1 saturated heterocycles. The van der Waals surface area contributed by atoms with Crippen molar-refractivity contribution in [3.05, 3.63) is 72.1 Å². The largest absolute Gasteiger partial charge is 0.355 e. The maximum atomic E-state index is 5.06. The highest BCUT2D eigenvalue weighted by molar-refractivity contribution is 5.75. The summed E-state index contributed by atoms with van der Waals surface area (Å²) in [6, 6.07) is 10.4. The normalized spacial score (nSPS) is 17.6. The molecule has 1 aliphatic heterocycles. The summed E-state index contributed by atoms with van der Waals surface area (Å²) in [5, 5.41) is 4.63. The monoisotopic (exact) mass is 396 g/mol. The Kier molecular flexibility index (Phi) is 3.88. The third-order valence-electron chi connectivity index (χ3n) is 6.87. The van der Waals surface area contributed by atoms with Crippen molar-refractivity contribution in [3.63, 3.8) is 0 Å². The summed E-state index contributed by atoms with van der Waals surface area (Å²) in [5.41, 5.74) is 7.30. The van der Waals surface area contributed by atoms with Crippen LogP contribution in [0, 0.1) is 12.3 Å². The van der Waals surface area contributed by atoms with Gasteiger partial charge in [0.15, 0.2) is 5.82 Å². The van der Waals surface area contributed by atoms with E-state index in [9.17, 15) is 0 Å². The van der Waals surface area contributed by atoms with Crippen molar-refractivity contribution >= 4 is 11.3 Å². The maximum absolute atomic E-state index is 5.06. The summed E-state index contributed by atoms with van der Waals surface area (Å²) in [7, 11) is 0. The van der Waals surface area contributed by atoms with Crippen molar-refractivity contribution in [3.8, 4) is 11.3 Å². The zero-order valence-corrected chi connectivity index (χ0v) is 17.1. The van der Waals surface area contributed by atoms with Crippen molar-refractivity contribution in [2.75, 3.05) is 18.0 Å². The Balaban J connectivity index is 1.31. The van der Waals surface area contributed by atoms with Gasteiger partial charge in [0.05, 0.1) is 17.6 Å². The number of aryl methyl sites for hydroxylation is 1. The van der Waals surface area contributed by atoms with Crippen LogP contribution >= 0.6 is 0 Å². The van der Waals surface area contributed by atoms with Gasteiger partial charge in [0.2, 0.25) is 0 Å². The van der Waals surface area contributed by atoms with Crippen LogP contribution in [0.1, 0.15) is 29.8 Å². The molecule has 0 radical (unpaired) electrons. The first-order valence-electron chi connectivity index (χ1n) is 10.6. The molecule has 0 saturated carbocycles. The summed E-state index contributed by atoms with van der Waals surface area (Å²) >= 11 is 0. The van der Waals surface area contributed by atoms with Crippen LogP contribution in [0.15, 0.2) is 55.1 Å². The topological polar surface area (TPSA) is 59.2 Å². The van der Waals surface area contributed by atoms with Crippen molar-refractivity contribution in [2.45, 2.75) is 32.6 Å². The fraction of sp³-hybridized carbons (Fsp3) is 0.333. The van der Waals surface area contributed by atoms with Gasteiger partial charge >= 0.3 is 0 Å². The van der Waals surface area contributed by atoms with Gasteiger partial charge in [-0.3, -0.25) is 9.97 Å². The molecule has 1 fully saturated rings.